The summed E-state index contributed by atoms with van der Waals surface area (Å²) in [6.07, 6.45) is 13.6. The van der Waals surface area contributed by atoms with Gasteiger partial charge in [0.15, 0.2) is 0 Å². The Labute approximate surface area is 248 Å². The SMILES string of the molecule is N#COCCCCCCN=C=O.N#COc1cccc(Cc2cccc(N=C=O)c2)c1.O=C=Nc1ccc(N=C=O)cc1. The second kappa shape index (κ2) is 23.6. The van der Waals surface area contributed by atoms with Crippen LogP contribution in [0.25, 0.3) is 0 Å². The molecule has 0 aromatic heterocycles. The van der Waals surface area contributed by atoms with Gasteiger partial charge in [-0.2, -0.15) is 20.2 Å². The molecule has 0 aliphatic heterocycles. The number of carbonyl (C=O) groups excluding carboxylic acids is 4. The Morgan fingerprint density at radius 3 is 1.77 bits per heavy atom. The van der Waals surface area contributed by atoms with Gasteiger partial charge in [0.05, 0.1) is 23.6 Å². The number of nitrogens with zero attached hydrogens (tertiary/aromatic N) is 6. The molecule has 0 N–H and O–H groups in total. The van der Waals surface area contributed by atoms with Gasteiger partial charge in [0.25, 0.3) is 12.5 Å². The second-order valence-corrected chi connectivity index (χ2v) is 8.14. The number of unbranched alkanes of at least 4 members (excludes halogenated alkanes) is 3. The fourth-order valence-corrected chi connectivity index (χ4v) is 3.31. The first-order chi connectivity index (χ1) is 21.1. The van der Waals surface area contributed by atoms with E-state index in [1.54, 1.807) is 55.0 Å². The van der Waals surface area contributed by atoms with E-state index < -0.39 is 0 Å². The van der Waals surface area contributed by atoms with Gasteiger partial charge in [0, 0.05) is 0 Å². The van der Waals surface area contributed by atoms with Gasteiger partial charge in [-0.1, -0.05) is 30.7 Å². The molecule has 3 rings (SSSR count). The molecular formula is C31H26N6O6. The van der Waals surface area contributed by atoms with Gasteiger partial charge in [-0.15, -0.1) is 5.26 Å². The van der Waals surface area contributed by atoms with Crippen molar-refractivity contribution in [2.75, 3.05) is 13.2 Å². The van der Waals surface area contributed by atoms with Gasteiger partial charge in [0.2, 0.25) is 24.3 Å². The molecule has 0 atom stereocenters. The van der Waals surface area contributed by atoms with Crippen molar-refractivity contribution in [1.29, 1.82) is 10.5 Å². The van der Waals surface area contributed by atoms with E-state index in [2.05, 4.69) is 24.7 Å². The lowest BCUT2D eigenvalue weighted by Crippen LogP contribution is -1.89. The van der Waals surface area contributed by atoms with Crippen molar-refractivity contribution in [1.82, 2.24) is 0 Å². The molecule has 12 nitrogen and oxygen atoms in total. The minimum absolute atomic E-state index is 0.481. The zero-order valence-corrected chi connectivity index (χ0v) is 23.0. The van der Waals surface area contributed by atoms with E-state index in [9.17, 15) is 19.2 Å². The number of benzene rings is 3. The van der Waals surface area contributed by atoms with Gasteiger partial charge >= 0.3 is 0 Å². The Balaban J connectivity index is 0.000000339. The van der Waals surface area contributed by atoms with E-state index in [1.807, 2.05) is 30.3 Å². The summed E-state index contributed by atoms with van der Waals surface area (Å²) in [4.78, 5) is 53.2. The molecule has 0 unspecified atom stereocenters. The van der Waals surface area contributed by atoms with E-state index >= 15 is 0 Å². The Kier molecular flexibility index (Phi) is 19.1. The van der Waals surface area contributed by atoms with E-state index in [1.165, 1.54) is 24.3 Å². The van der Waals surface area contributed by atoms with Gasteiger partial charge in [-0.25, -0.2) is 24.2 Å². The van der Waals surface area contributed by atoms with E-state index in [0.717, 1.165) is 36.8 Å². The predicted molar refractivity (Wildman–Crippen MR) is 155 cm³/mol. The molecule has 12 heteroatoms. The Bertz CT molecular complexity index is 1520. The van der Waals surface area contributed by atoms with Crippen molar-refractivity contribution in [3.05, 3.63) is 83.9 Å². The quantitative estimate of drug-likeness (QED) is 0.101. The summed E-state index contributed by atoms with van der Waals surface area (Å²) in [5.74, 6) is 0.516. The maximum atomic E-state index is 10.2. The van der Waals surface area contributed by atoms with Crippen molar-refractivity contribution >= 4 is 41.4 Å². The summed E-state index contributed by atoms with van der Waals surface area (Å²) in [5.41, 5.74) is 3.58. The molecule has 216 valence electrons. The van der Waals surface area contributed by atoms with Crippen LogP contribution in [0.1, 0.15) is 36.8 Å². The third-order valence-electron chi connectivity index (χ3n) is 5.15. The lowest BCUT2D eigenvalue weighted by molar-refractivity contribution is 0.260. The lowest BCUT2D eigenvalue weighted by Gasteiger charge is -2.04. The Morgan fingerprint density at radius 2 is 1.19 bits per heavy atom. The zero-order chi connectivity index (χ0) is 31.4. The van der Waals surface area contributed by atoms with Crippen molar-refractivity contribution < 1.29 is 28.7 Å². The topological polar surface area (TPSA) is 184 Å². The number of ether oxygens (including phenoxy) is 2. The van der Waals surface area contributed by atoms with E-state index in [0.29, 0.717) is 42.4 Å². The Hall–Kier alpha value is -6.24. The maximum Gasteiger partial charge on any atom is 0.292 e. The third kappa shape index (κ3) is 17.1. The van der Waals surface area contributed by atoms with Crippen LogP contribution in [-0.4, -0.2) is 37.5 Å². The van der Waals surface area contributed by atoms with Crippen LogP contribution < -0.4 is 4.74 Å². The molecule has 0 saturated heterocycles. The van der Waals surface area contributed by atoms with Crippen LogP contribution in [0.4, 0.5) is 17.1 Å². The molecular weight excluding hydrogens is 552 g/mol. The second-order valence-electron chi connectivity index (χ2n) is 8.14. The number of rotatable bonds is 13. The zero-order valence-electron chi connectivity index (χ0n) is 23.0. The van der Waals surface area contributed by atoms with Crippen LogP contribution >= 0.6 is 0 Å². The van der Waals surface area contributed by atoms with Crippen LogP contribution in [0.3, 0.4) is 0 Å². The highest BCUT2D eigenvalue weighted by atomic mass is 16.5. The number of aliphatic imine (C=N–C) groups is 4. The van der Waals surface area contributed by atoms with E-state index in [-0.39, 0.29) is 0 Å². The summed E-state index contributed by atoms with van der Waals surface area (Å²) in [7, 11) is 0. The average Bonchev–Trinajstić information content (AvgIpc) is 3.01. The molecule has 0 saturated carbocycles. The normalized spacial score (nSPS) is 8.60. The monoisotopic (exact) mass is 578 g/mol. The first-order valence-electron chi connectivity index (χ1n) is 12.7. The average molecular weight is 579 g/mol. The van der Waals surface area contributed by atoms with Gasteiger partial charge < -0.3 is 9.47 Å². The molecule has 0 radical (unpaired) electrons. The highest BCUT2D eigenvalue weighted by Gasteiger charge is 2.00. The largest absolute Gasteiger partial charge is 0.428 e. The maximum absolute atomic E-state index is 10.2. The molecule has 43 heavy (non-hydrogen) atoms. The third-order valence-corrected chi connectivity index (χ3v) is 5.15. The van der Waals surface area contributed by atoms with Crippen molar-refractivity contribution in [2.45, 2.75) is 32.1 Å². The van der Waals surface area contributed by atoms with Gasteiger partial charge in [0.1, 0.15) is 12.4 Å². The van der Waals surface area contributed by atoms with Crippen molar-refractivity contribution in [2.24, 2.45) is 20.0 Å². The number of hydrogen-bond acceptors (Lipinski definition) is 12. The summed E-state index contributed by atoms with van der Waals surface area (Å²) in [6.45, 7) is 1.05. The predicted octanol–water partition coefficient (Wildman–Crippen LogP) is 6.11. The lowest BCUT2D eigenvalue weighted by atomic mass is 10.0. The number of nitriles is 2. The van der Waals surface area contributed by atoms with Gasteiger partial charge in [-0.3, -0.25) is 0 Å². The molecule has 3 aromatic carbocycles. The highest BCUT2D eigenvalue weighted by Crippen LogP contribution is 2.20. The fourth-order valence-electron chi connectivity index (χ4n) is 3.31. The number of isocyanates is 4. The van der Waals surface area contributed by atoms with Crippen LogP contribution in [-0.2, 0) is 30.3 Å². The summed E-state index contributed by atoms with van der Waals surface area (Å²) < 4.78 is 9.26. The molecule has 0 spiro atoms. The molecule has 3 aromatic rings. The highest BCUT2D eigenvalue weighted by molar-refractivity contribution is 5.55. The van der Waals surface area contributed by atoms with Crippen molar-refractivity contribution in [3.8, 4) is 18.3 Å². The summed E-state index contributed by atoms with van der Waals surface area (Å²) in [6, 6.07) is 20.9. The molecule has 0 bridgehead atoms. The molecule has 0 aliphatic carbocycles. The number of hydrogen-bond donors (Lipinski definition) is 0. The minimum atomic E-state index is 0.481. The fraction of sp³-hybridized carbons (Fsp3) is 0.226. The minimum Gasteiger partial charge on any atom is -0.428 e. The molecule has 0 amide bonds. The van der Waals surface area contributed by atoms with Gasteiger partial charge in [-0.05, 0) is 85.3 Å². The molecule has 0 fully saturated rings. The van der Waals surface area contributed by atoms with Crippen molar-refractivity contribution in [3.63, 3.8) is 0 Å². The standard InChI is InChI=1S/C15H10N2O2.C8H4N2O2.C8H12N2O2/c16-10-19-15-6-2-4-13(9-15)7-12-3-1-5-14(8-12)17-11-18;11-5-9-7-1-2-8(4-3-7)10-6-12;9-7-12-6-4-2-1-3-5-10-8-11/h1-6,8-9H,7H2;1-4H;1-6H2. The summed E-state index contributed by atoms with van der Waals surface area (Å²) >= 11 is 0. The first-order valence-corrected chi connectivity index (χ1v) is 12.7. The van der Waals surface area contributed by atoms with E-state index in [4.69, 9.17) is 15.3 Å². The van der Waals surface area contributed by atoms with Crippen LogP contribution in [0.2, 0.25) is 0 Å². The van der Waals surface area contributed by atoms with Crippen LogP contribution in [0.15, 0.2) is 92.8 Å². The smallest absolute Gasteiger partial charge is 0.292 e. The Morgan fingerprint density at radius 1 is 0.605 bits per heavy atom. The van der Waals surface area contributed by atoms with Crippen LogP contribution in [0.5, 0.6) is 5.75 Å². The first kappa shape index (κ1) is 34.8. The molecule has 0 aliphatic rings. The summed E-state index contributed by atoms with van der Waals surface area (Å²) in [5, 5.41) is 16.5. The van der Waals surface area contributed by atoms with Crippen LogP contribution in [0, 0.1) is 23.0 Å². The molecule has 0 heterocycles.